The Hall–Kier alpha value is -3.00. The molecule has 0 saturated heterocycles. The van der Waals surface area contributed by atoms with Crippen LogP contribution in [0, 0.1) is 13.8 Å². The SMILES string of the molecule is CCOc1cc(-c2nnc(SCC(=O)c3cc(C)ccc3C)o2)cc(OCC)c1OCC. The summed E-state index contributed by atoms with van der Waals surface area (Å²) in [5.74, 6) is 2.20. The second-order valence-electron chi connectivity index (χ2n) is 7.00. The van der Waals surface area contributed by atoms with Gasteiger partial charge in [-0.2, -0.15) is 0 Å². The van der Waals surface area contributed by atoms with Crippen LogP contribution in [0.4, 0.5) is 0 Å². The summed E-state index contributed by atoms with van der Waals surface area (Å²) in [7, 11) is 0. The molecule has 3 aromatic rings. The van der Waals surface area contributed by atoms with Crippen molar-refractivity contribution in [1.82, 2.24) is 10.2 Å². The number of aryl methyl sites for hydroxylation is 2. The highest BCUT2D eigenvalue weighted by molar-refractivity contribution is 7.99. The number of carbonyl (C=O) groups is 1. The number of nitrogens with zero attached hydrogens (tertiary/aromatic N) is 2. The topological polar surface area (TPSA) is 83.7 Å². The molecule has 32 heavy (non-hydrogen) atoms. The smallest absolute Gasteiger partial charge is 0.277 e. The van der Waals surface area contributed by atoms with Crippen LogP contribution < -0.4 is 14.2 Å². The van der Waals surface area contributed by atoms with Gasteiger partial charge in [0.2, 0.25) is 11.6 Å². The number of hydrogen-bond acceptors (Lipinski definition) is 8. The van der Waals surface area contributed by atoms with Crippen molar-refractivity contribution in [3.8, 4) is 28.7 Å². The first-order valence-electron chi connectivity index (χ1n) is 10.6. The molecule has 0 N–H and O–H groups in total. The van der Waals surface area contributed by atoms with Gasteiger partial charge in [-0.05, 0) is 58.4 Å². The highest BCUT2D eigenvalue weighted by atomic mass is 32.2. The molecular weight excluding hydrogens is 428 g/mol. The first kappa shape index (κ1) is 23.7. The molecule has 0 aliphatic carbocycles. The molecule has 170 valence electrons. The summed E-state index contributed by atoms with van der Waals surface area (Å²) in [5.41, 5.74) is 3.37. The van der Waals surface area contributed by atoms with Gasteiger partial charge in [0.1, 0.15) is 0 Å². The molecule has 0 bridgehead atoms. The first-order valence-corrected chi connectivity index (χ1v) is 11.6. The maximum atomic E-state index is 12.6. The maximum Gasteiger partial charge on any atom is 0.277 e. The predicted octanol–water partition coefficient (Wildman–Crippen LogP) is 5.52. The van der Waals surface area contributed by atoms with Crippen LogP contribution in [0.15, 0.2) is 40.0 Å². The fourth-order valence-corrected chi connectivity index (χ4v) is 3.78. The highest BCUT2D eigenvalue weighted by Gasteiger charge is 2.19. The third kappa shape index (κ3) is 5.62. The lowest BCUT2D eigenvalue weighted by Crippen LogP contribution is -2.05. The number of benzene rings is 2. The first-order chi connectivity index (χ1) is 15.5. The Morgan fingerprint density at radius 1 is 0.938 bits per heavy atom. The Morgan fingerprint density at radius 2 is 1.59 bits per heavy atom. The Morgan fingerprint density at radius 3 is 2.22 bits per heavy atom. The van der Waals surface area contributed by atoms with Crippen LogP contribution in [0.3, 0.4) is 0 Å². The van der Waals surface area contributed by atoms with Crippen molar-refractivity contribution in [2.75, 3.05) is 25.6 Å². The van der Waals surface area contributed by atoms with Gasteiger partial charge in [-0.1, -0.05) is 29.5 Å². The molecule has 0 aliphatic rings. The summed E-state index contributed by atoms with van der Waals surface area (Å²) in [6, 6.07) is 9.44. The Bertz CT molecular complexity index is 1050. The lowest BCUT2D eigenvalue weighted by molar-refractivity contribution is 0.102. The maximum absolute atomic E-state index is 12.6. The zero-order valence-corrected chi connectivity index (χ0v) is 19.9. The van der Waals surface area contributed by atoms with Crippen LogP contribution in [0.2, 0.25) is 0 Å². The van der Waals surface area contributed by atoms with Crippen molar-refractivity contribution in [2.45, 2.75) is 39.8 Å². The molecule has 0 unspecified atom stereocenters. The lowest BCUT2D eigenvalue weighted by atomic mass is 10.0. The van der Waals surface area contributed by atoms with Crippen LogP contribution in [-0.2, 0) is 0 Å². The molecule has 8 heteroatoms. The van der Waals surface area contributed by atoms with Crippen LogP contribution >= 0.6 is 11.8 Å². The van der Waals surface area contributed by atoms with E-state index in [9.17, 15) is 4.79 Å². The van der Waals surface area contributed by atoms with E-state index in [1.54, 1.807) is 12.1 Å². The minimum Gasteiger partial charge on any atom is -0.490 e. The van der Waals surface area contributed by atoms with E-state index < -0.39 is 0 Å². The molecule has 0 atom stereocenters. The Labute approximate surface area is 192 Å². The van der Waals surface area contributed by atoms with Crippen LogP contribution in [0.5, 0.6) is 17.2 Å². The average molecular weight is 457 g/mol. The molecule has 1 aromatic heterocycles. The predicted molar refractivity (Wildman–Crippen MR) is 124 cm³/mol. The van der Waals surface area contributed by atoms with Gasteiger partial charge in [-0.3, -0.25) is 4.79 Å². The van der Waals surface area contributed by atoms with Crippen LogP contribution in [0.25, 0.3) is 11.5 Å². The van der Waals surface area contributed by atoms with Crippen LogP contribution in [0.1, 0.15) is 42.3 Å². The molecule has 0 radical (unpaired) electrons. The largest absolute Gasteiger partial charge is 0.490 e. The van der Waals surface area contributed by atoms with Gasteiger partial charge in [0.05, 0.1) is 25.6 Å². The number of thioether (sulfide) groups is 1. The lowest BCUT2D eigenvalue weighted by Gasteiger charge is -2.16. The van der Waals surface area contributed by atoms with Gasteiger partial charge < -0.3 is 18.6 Å². The summed E-state index contributed by atoms with van der Waals surface area (Å²) in [6.45, 7) is 11.0. The van der Waals surface area contributed by atoms with Gasteiger partial charge in [-0.15, -0.1) is 10.2 Å². The molecule has 0 aliphatic heterocycles. The van der Waals surface area contributed by atoms with Crippen molar-refractivity contribution in [2.24, 2.45) is 0 Å². The van der Waals surface area contributed by atoms with Gasteiger partial charge in [0, 0.05) is 11.1 Å². The van der Waals surface area contributed by atoms with Crippen molar-refractivity contribution in [3.63, 3.8) is 0 Å². The zero-order valence-electron chi connectivity index (χ0n) is 19.1. The van der Waals surface area contributed by atoms with E-state index in [0.717, 1.165) is 11.1 Å². The quantitative estimate of drug-likeness (QED) is 0.275. The molecule has 7 nitrogen and oxygen atoms in total. The molecule has 0 saturated carbocycles. The van der Waals surface area contributed by atoms with E-state index in [1.807, 2.05) is 52.8 Å². The van der Waals surface area contributed by atoms with Crippen molar-refractivity contribution >= 4 is 17.5 Å². The second-order valence-corrected chi connectivity index (χ2v) is 7.93. The molecule has 3 rings (SSSR count). The van der Waals surface area contributed by atoms with E-state index in [1.165, 1.54) is 11.8 Å². The number of aromatic nitrogens is 2. The number of Topliss-reactive ketones (excluding diaryl/α,β-unsaturated/α-hetero) is 1. The third-order valence-electron chi connectivity index (χ3n) is 4.58. The average Bonchev–Trinajstić information content (AvgIpc) is 3.25. The van der Waals surface area contributed by atoms with Gasteiger partial charge in [0.25, 0.3) is 5.22 Å². The molecule has 2 aromatic carbocycles. The molecule has 1 heterocycles. The fourth-order valence-electron chi connectivity index (χ4n) is 3.14. The summed E-state index contributed by atoms with van der Waals surface area (Å²) >= 11 is 1.22. The normalized spacial score (nSPS) is 10.8. The van der Waals surface area contributed by atoms with E-state index >= 15 is 0 Å². The summed E-state index contributed by atoms with van der Waals surface area (Å²) in [6.07, 6.45) is 0. The van der Waals surface area contributed by atoms with Gasteiger partial charge in [-0.25, -0.2) is 0 Å². The fraction of sp³-hybridized carbons (Fsp3) is 0.375. The van der Waals surface area contributed by atoms with Crippen molar-refractivity contribution in [3.05, 3.63) is 47.0 Å². The van der Waals surface area contributed by atoms with E-state index in [0.29, 0.717) is 59.3 Å². The monoisotopic (exact) mass is 456 g/mol. The Kier molecular flexibility index (Phi) is 8.16. The molecular formula is C24H28N2O5S. The molecule has 0 amide bonds. The number of carbonyl (C=O) groups excluding carboxylic acids is 1. The van der Waals surface area contributed by atoms with E-state index in [-0.39, 0.29) is 11.5 Å². The minimum absolute atomic E-state index is 0.0225. The van der Waals surface area contributed by atoms with E-state index in [2.05, 4.69) is 10.2 Å². The number of rotatable bonds is 11. The summed E-state index contributed by atoms with van der Waals surface area (Å²) in [4.78, 5) is 12.6. The number of ether oxygens (including phenoxy) is 3. The highest BCUT2D eigenvalue weighted by Crippen LogP contribution is 2.42. The van der Waals surface area contributed by atoms with Crippen LogP contribution in [-0.4, -0.2) is 41.6 Å². The van der Waals surface area contributed by atoms with Gasteiger partial charge >= 0.3 is 0 Å². The van der Waals surface area contributed by atoms with Gasteiger partial charge in [0.15, 0.2) is 17.3 Å². The molecule has 0 fully saturated rings. The van der Waals surface area contributed by atoms with Crippen molar-refractivity contribution in [1.29, 1.82) is 0 Å². The van der Waals surface area contributed by atoms with Crippen molar-refractivity contribution < 1.29 is 23.4 Å². The zero-order chi connectivity index (χ0) is 23.1. The molecule has 0 spiro atoms. The summed E-state index contributed by atoms with van der Waals surface area (Å²) in [5, 5.41) is 8.56. The number of hydrogen-bond donors (Lipinski definition) is 0. The Balaban J connectivity index is 1.81. The minimum atomic E-state index is 0.0225. The standard InChI is InChI=1S/C24H28N2O5S/c1-6-28-20-12-17(13-21(29-7-2)22(20)30-8-3)23-25-26-24(31-23)32-14-19(27)18-11-15(4)9-10-16(18)5/h9-13H,6-8,14H2,1-5H3. The summed E-state index contributed by atoms with van der Waals surface area (Å²) < 4.78 is 23.0. The third-order valence-corrected chi connectivity index (χ3v) is 5.40. The second kappa shape index (κ2) is 11.0. The number of ketones is 1. The van der Waals surface area contributed by atoms with E-state index in [4.69, 9.17) is 18.6 Å².